The normalized spacial score (nSPS) is 11.4. The molecule has 0 saturated carbocycles. The van der Waals surface area contributed by atoms with Crippen molar-refractivity contribution in [3.8, 4) is 0 Å². The largest absolute Gasteiger partial charge is 0.321 e. The van der Waals surface area contributed by atoms with Crippen molar-refractivity contribution in [3.05, 3.63) is 89.7 Å². The SMILES string of the molecule is O=C(Nc1ccccc1Cl)c1ccc2nc3c4cccnc4c4ncccc4c3nc2c1. The number of nitrogens with one attached hydrogen (secondary N) is 1. The summed E-state index contributed by atoms with van der Waals surface area (Å²) in [5.74, 6) is -0.267. The zero-order valence-electron chi connectivity index (χ0n) is 16.6. The van der Waals surface area contributed by atoms with Crippen LogP contribution in [0.1, 0.15) is 10.4 Å². The molecule has 7 heteroatoms. The molecule has 0 bridgehead atoms. The average Bonchev–Trinajstić information content (AvgIpc) is 2.84. The van der Waals surface area contributed by atoms with E-state index in [0.717, 1.165) is 32.8 Å². The number of carbonyl (C=O) groups excluding carboxylic acids is 1. The maximum Gasteiger partial charge on any atom is 0.255 e. The summed E-state index contributed by atoms with van der Waals surface area (Å²) in [4.78, 5) is 31.6. The second-order valence-electron chi connectivity index (χ2n) is 7.36. The number of halogens is 1. The number of pyridine rings is 2. The third-order valence-corrected chi connectivity index (χ3v) is 5.73. The molecule has 1 amide bonds. The standard InChI is InChI=1S/C25H14ClN5O/c26-17-7-1-2-8-18(17)31-25(32)14-9-10-19-20(13-14)30-24-16-6-4-12-28-22(16)21-15(23(24)29-19)5-3-11-27-21/h1-13H,(H,31,32). The molecule has 6 aromatic rings. The van der Waals surface area contributed by atoms with E-state index in [1.54, 1.807) is 42.7 Å². The number of aromatic nitrogens is 4. The Morgan fingerprint density at radius 3 is 2.06 bits per heavy atom. The smallest absolute Gasteiger partial charge is 0.255 e. The first-order valence-electron chi connectivity index (χ1n) is 9.98. The molecule has 152 valence electrons. The van der Waals surface area contributed by atoms with Crippen LogP contribution < -0.4 is 5.32 Å². The van der Waals surface area contributed by atoms with Crippen molar-refractivity contribution < 1.29 is 4.79 Å². The average molecular weight is 436 g/mol. The molecule has 6 nitrogen and oxygen atoms in total. The Balaban J connectivity index is 1.55. The first-order valence-corrected chi connectivity index (χ1v) is 10.4. The maximum atomic E-state index is 12.8. The molecule has 0 spiro atoms. The van der Waals surface area contributed by atoms with E-state index in [1.165, 1.54) is 0 Å². The van der Waals surface area contributed by atoms with E-state index in [2.05, 4.69) is 15.3 Å². The lowest BCUT2D eigenvalue weighted by Gasteiger charge is -2.10. The summed E-state index contributed by atoms with van der Waals surface area (Å²) in [5, 5.41) is 5.09. The van der Waals surface area contributed by atoms with Gasteiger partial charge in [-0.25, -0.2) is 9.97 Å². The van der Waals surface area contributed by atoms with E-state index < -0.39 is 0 Å². The molecule has 0 aliphatic heterocycles. The molecule has 0 fully saturated rings. The van der Waals surface area contributed by atoms with Crippen molar-refractivity contribution in [3.63, 3.8) is 0 Å². The summed E-state index contributed by atoms with van der Waals surface area (Å²) >= 11 is 6.17. The van der Waals surface area contributed by atoms with Gasteiger partial charge in [-0.1, -0.05) is 23.7 Å². The molecule has 6 rings (SSSR count). The fraction of sp³-hybridized carbons (Fsp3) is 0. The highest BCUT2D eigenvalue weighted by Gasteiger charge is 2.15. The summed E-state index contributed by atoms with van der Waals surface area (Å²) in [6.07, 6.45) is 3.49. The summed E-state index contributed by atoms with van der Waals surface area (Å²) < 4.78 is 0. The van der Waals surface area contributed by atoms with E-state index in [9.17, 15) is 4.79 Å². The van der Waals surface area contributed by atoms with E-state index >= 15 is 0 Å². The van der Waals surface area contributed by atoms with Gasteiger partial charge in [0.2, 0.25) is 0 Å². The van der Waals surface area contributed by atoms with Crippen LogP contribution in [-0.2, 0) is 0 Å². The third kappa shape index (κ3) is 2.92. The van der Waals surface area contributed by atoms with Gasteiger partial charge in [-0.15, -0.1) is 0 Å². The molecule has 0 radical (unpaired) electrons. The highest BCUT2D eigenvalue weighted by atomic mass is 35.5. The van der Waals surface area contributed by atoms with Crippen LogP contribution in [0.4, 0.5) is 5.69 Å². The van der Waals surface area contributed by atoms with Gasteiger partial charge in [-0.05, 0) is 54.6 Å². The first kappa shape index (κ1) is 18.6. The lowest BCUT2D eigenvalue weighted by molar-refractivity contribution is 0.102. The summed E-state index contributed by atoms with van der Waals surface area (Å²) in [6, 6.07) is 20.1. The molecule has 0 aliphatic carbocycles. The molecular formula is C25H14ClN5O. The number of hydrogen-bond donors (Lipinski definition) is 1. The number of carbonyl (C=O) groups is 1. The number of hydrogen-bond acceptors (Lipinski definition) is 5. The van der Waals surface area contributed by atoms with Crippen LogP contribution in [0.2, 0.25) is 5.02 Å². The minimum absolute atomic E-state index is 0.267. The topological polar surface area (TPSA) is 80.7 Å². The lowest BCUT2D eigenvalue weighted by Crippen LogP contribution is -2.12. The van der Waals surface area contributed by atoms with Gasteiger partial charge in [0.15, 0.2) is 0 Å². The van der Waals surface area contributed by atoms with Crippen molar-refractivity contribution in [2.75, 3.05) is 5.32 Å². The third-order valence-electron chi connectivity index (χ3n) is 5.40. The number of amides is 1. The quantitative estimate of drug-likeness (QED) is 0.275. The number of nitrogens with zero attached hydrogens (tertiary/aromatic N) is 4. The Kier molecular flexibility index (Phi) is 4.19. The lowest BCUT2D eigenvalue weighted by atomic mass is 10.1. The fourth-order valence-corrected chi connectivity index (χ4v) is 4.08. The highest BCUT2D eigenvalue weighted by Crippen LogP contribution is 2.32. The van der Waals surface area contributed by atoms with Crippen LogP contribution in [-0.4, -0.2) is 25.8 Å². The molecule has 1 N–H and O–H groups in total. The van der Waals surface area contributed by atoms with Gasteiger partial charge in [0.05, 0.1) is 43.8 Å². The number of fused-ring (bicyclic) bond motifs is 7. The maximum absolute atomic E-state index is 12.8. The van der Waals surface area contributed by atoms with Gasteiger partial charge in [-0.2, -0.15) is 0 Å². The van der Waals surface area contributed by atoms with Crippen molar-refractivity contribution in [1.82, 2.24) is 19.9 Å². The van der Waals surface area contributed by atoms with Crippen LogP contribution in [0, 0.1) is 0 Å². The van der Waals surface area contributed by atoms with E-state index in [4.69, 9.17) is 21.6 Å². The van der Waals surface area contributed by atoms with Crippen molar-refractivity contribution >= 4 is 67.1 Å². The van der Waals surface area contributed by atoms with E-state index in [1.807, 2.05) is 36.4 Å². The Bertz CT molecular complexity index is 1700. The number of benzene rings is 3. The predicted octanol–water partition coefficient (Wildman–Crippen LogP) is 5.79. The zero-order chi connectivity index (χ0) is 21.7. The Morgan fingerprint density at radius 2 is 1.38 bits per heavy atom. The number of anilines is 1. The monoisotopic (exact) mass is 435 g/mol. The van der Waals surface area contributed by atoms with Crippen LogP contribution in [0.3, 0.4) is 0 Å². The number of para-hydroxylation sites is 1. The minimum atomic E-state index is -0.267. The molecule has 0 saturated heterocycles. The first-order chi connectivity index (χ1) is 15.7. The van der Waals surface area contributed by atoms with Gasteiger partial charge in [0, 0.05) is 28.7 Å². The van der Waals surface area contributed by atoms with Crippen LogP contribution in [0.5, 0.6) is 0 Å². The van der Waals surface area contributed by atoms with Crippen LogP contribution in [0.15, 0.2) is 79.1 Å². The van der Waals surface area contributed by atoms with E-state index in [-0.39, 0.29) is 5.91 Å². The summed E-state index contributed by atoms with van der Waals surface area (Å²) in [6.45, 7) is 0. The fourth-order valence-electron chi connectivity index (χ4n) is 3.90. The zero-order valence-corrected chi connectivity index (χ0v) is 17.3. The van der Waals surface area contributed by atoms with Crippen molar-refractivity contribution in [2.24, 2.45) is 0 Å². The molecule has 3 aromatic heterocycles. The molecule has 3 heterocycles. The highest BCUT2D eigenvalue weighted by molar-refractivity contribution is 6.34. The molecule has 32 heavy (non-hydrogen) atoms. The summed E-state index contributed by atoms with van der Waals surface area (Å²) in [5.41, 5.74) is 5.39. The van der Waals surface area contributed by atoms with Gasteiger partial charge < -0.3 is 5.32 Å². The van der Waals surface area contributed by atoms with Crippen molar-refractivity contribution in [2.45, 2.75) is 0 Å². The Hall–Kier alpha value is -4.16. The molecule has 0 unspecified atom stereocenters. The molecule has 3 aromatic carbocycles. The van der Waals surface area contributed by atoms with E-state index in [0.29, 0.717) is 27.3 Å². The van der Waals surface area contributed by atoms with Crippen molar-refractivity contribution in [1.29, 1.82) is 0 Å². The summed E-state index contributed by atoms with van der Waals surface area (Å²) in [7, 11) is 0. The van der Waals surface area contributed by atoms with Gasteiger partial charge in [0.25, 0.3) is 5.91 Å². The van der Waals surface area contributed by atoms with Crippen LogP contribution >= 0.6 is 11.6 Å². The second-order valence-corrected chi connectivity index (χ2v) is 7.76. The second kappa shape index (κ2) is 7.21. The Morgan fingerprint density at radius 1 is 0.719 bits per heavy atom. The minimum Gasteiger partial charge on any atom is -0.321 e. The van der Waals surface area contributed by atoms with Gasteiger partial charge >= 0.3 is 0 Å². The van der Waals surface area contributed by atoms with Gasteiger partial charge in [0.1, 0.15) is 0 Å². The predicted molar refractivity (Wildman–Crippen MR) is 127 cm³/mol. The number of rotatable bonds is 2. The van der Waals surface area contributed by atoms with Gasteiger partial charge in [-0.3, -0.25) is 14.8 Å². The Labute approximate surface area is 186 Å². The van der Waals surface area contributed by atoms with Crippen LogP contribution in [0.25, 0.3) is 43.9 Å². The molecule has 0 aliphatic rings. The molecule has 0 atom stereocenters. The molecular weight excluding hydrogens is 422 g/mol.